The standard InChI is InChI=1S/C15H26N2O2/c1-10(2)16-14(18)9-17(3)15(19)8-13-7-11-4-5-12(13)6-11/h10-13H,4-9H2,1-3H3,(H,16,18). The summed E-state index contributed by atoms with van der Waals surface area (Å²) in [6.45, 7) is 4.03. The second kappa shape index (κ2) is 5.93. The fraction of sp³-hybridized carbons (Fsp3) is 0.867. The van der Waals surface area contributed by atoms with Crippen LogP contribution in [0.3, 0.4) is 0 Å². The van der Waals surface area contributed by atoms with Gasteiger partial charge in [-0.3, -0.25) is 9.59 Å². The minimum atomic E-state index is -0.0706. The van der Waals surface area contributed by atoms with E-state index in [0.717, 1.165) is 11.8 Å². The molecule has 2 aliphatic carbocycles. The van der Waals surface area contributed by atoms with Crippen molar-refractivity contribution in [1.29, 1.82) is 0 Å². The number of carbonyl (C=O) groups is 2. The Balaban J connectivity index is 1.75. The van der Waals surface area contributed by atoms with Crippen LogP contribution in [0.4, 0.5) is 0 Å². The van der Waals surface area contributed by atoms with E-state index in [1.165, 1.54) is 25.7 Å². The van der Waals surface area contributed by atoms with E-state index in [1.54, 1.807) is 11.9 Å². The third-order valence-electron chi connectivity index (χ3n) is 4.58. The van der Waals surface area contributed by atoms with Gasteiger partial charge in [-0.25, -0.2) is 0 Å². The van der Waals surface area contributed by atoms with Crippen LogP contribution in [-0.4, -0.2) is 36.3 Å². The number of amides is 2. The predicted octanol–water partition coefficient (Wildman–Crippen LogP) is 1.80. The highest BCUT2D eigenvalue weighted by molar-refractivity contribution is 5.84. The number of hydrogen-bond donors (Lipinski definition) is 1. The first-order chi connectivity index (χ1) is 8.95. The Hall–Kier alpha value is -1.06. The van der Waals surface area contributed by atoms with Crippen LogP contribution < -0.4 is 5.32 Å². The molecule has 0 aromatic carbocycles. The van der Waals surface area contributed by atoms with E-state index in [-0.39, 0.29) is 24.4 Å². The lowest BCUT2D eigenvalue weighted by molar-refractivity contribution is -0.135. The van der Waals surface area contributed by atoms with E-state index < -0.39 is 0 Å². The molecule has 2 saturated carbocycles. The van der Waals surface area contributed by atoms with Crippen LogP contribution in [0, 0.1) is 17.8 Å². The highest BCUT2D eigenvalue weighted by atomic mass is 16.2. The molecule has 3 atom stereocenters. The van der Waals surface area contributed by atoms with Gasteiger partial charge in [0.1, 0.15) is 0 Å². The Morgan fingerprint density at radius 2 is 2.00 bits per heavy atom. The average molecular weight is 266 g/mol. The number of nitrogens with one attached hydrogen (secondary N) is 1. The molecule has 4 heteroatoms. The van der Waals surface area contributed by atoms with Crippen LogP contribution in [-0.2, 0) is 9.59 Å². The number of nitrogens with zero attached hydrogens (tertiary/aromatic N) is 1. The normalized spacial score (nSPS) is 28.7. The van der Waals surface area contributed by atoms with Crippen LogP contribution in [0.25, 0.3) is 0 Å². The van der Waals surface area contributed by atoms with Crippen molar-refractivity contribution in [2.75, 3.05) is 13.6 Å². The quantitative estimate of drug-likeness (QED) is 0.825. The lowest BCUT2D eigenvalue weighted by Gasteiger charge is -2.24. The molecule has 108 valence electrons. The van der Waals surface area contributed by atoms with E-state index in [1.807, 2.05) is 13.8 Å². The van der Waals surface area contributed by atoms with E-state index in [2.05, 4.69) is 5.32 Å². The molecule has 2 aliphatic rings. The monoisotopic (exact) mass is 266 g/mol. The van der Waals surface area contributed by atoms with Gasteiger partial charge in [-0.2, -0.15) is 0 Å². The fourth-order valence-electron chi connectivity index (χ4n) is 3.68. The van der Waals surface area contributed by atoms with Gasteiger partial charge in [0.2, 0.25) is 11.8 Å². The molecular weight excluding hydrogens is 240 g/mol. The molecule has 0 spiro atoms. The SMILES string of the molecule is CC(C)NC(=O)CN(C)C(=O)CC1CC2CCC1C2. The molecular formula is C15H26N2O2. The van der Waals surface area contributed by atoms with Crippen molar-refractivity contribution in [3.63, 3.8) is 0 Å². The number of likely N-dealkylation sites (N-methyl/N-ethyl adjacent to an activating group) is 1. The van der Waals surface area contributed by atoms with Crippen molar-refractivity contribution in [1.82, 2.24) is 10.2 Å². The lowest BCUT2D eigenvalue weighted by atomic mass is 9.86. The van der Waals surface area contributed by atoms with Gasteiger partial charge in [-0.05, 0) is 50.9 Å². The van der Waals surface area contributed by atoms with Gasteiger partial charge >= 0.3 is 0 Å². The molecule has 0 aromatic heterocycles. The molecule has 0 aromatic rings. The first-order valence-corrected chi connectivity index (χ1v) is 7.49. The van der Waals surface area contributed by atoms with Gasteiger partial charge in [0.15, 0.2) is 0 Å². The zero-order valence-corrected chi connectivity index (χ0v) is 12.3. The highest BCUT2D eigenvalue weighted by Crippen LogP contribution is 2.49. The minimum absolute atomic E-state index is 0.0706. The second-order valence-corrected chi connectivity index (χ2v) is 6.61. The zero-order chi connectivity index (χ0) is 14.0. The highest BCUT2D eigenvalue weighted by Gasteiger charge is 2.40. The summed E-state index contributed by atoms with van der Waals surface area (Å²) in [6.07, 6.45) is 5.85. The Morgan fingerprint density at radius 1 is 1.26 bits per heavy atom. The van der Waals surface area contributed by atoms with Crippen LogP contribution in [0.2, 0.25) is 0 Å². The van der Waals surface area contributed by atoms with Crippen molar-refractivity contribution in [3.05, 3.63) is 0 Å². The van der Waals surface area contributed by atoms with Gasteiger partial charge in [0.25, 0.3) is 0 Å². The van der Waals surface area contributed by atoms with Crippen molar-refractivity contribution in [2.45, 2.75) is 52.0 Å². The van der Waals surface area contributed by atoms with Crippen molar-refractivity contribution < 1.29 is 9.59 Å². The van der Waals surface area contributed by atoms with Gasteiger partial charge in [0.05, 0.1) is 6.54 Å². The third-order valence-corrected chi connectivity index (χ3v) is 4.58. The predicted molar refractivity (Wildman–Crippen MR) is 74.5 cm³/mol. The maximum absolute atomic E-state index is 12.1. The Labute approximate surface area is 115 Å². The second-order valence-electron chi connectivity index (χ2n) is 6.61. The van der Waals surface area contributed by atoms with E-state index in [9.17, 15) is 9.59 Å². The van der Waals surface area contributed by atoms with Crippen molar-refractivity contribution >= 4 is 11.8 Å². The largest absolute Gasteiger partial charge is 0.352 e. The molecule has 0 aliphatic heterocycles. The Bertz CT molecular complexity index is 354. The molecule has 0 heterocycles. The summed E-state index contributed by atoms with van der Waals surface area (Å²) >= 11 is 0. The van der Waals surface area contributed by atoms with Crippen molar-refractivity contribution in [3.8, 4) is 0 Å². The summed E-state index contributed by atoms with van der Waals surface area (Å²) in [6, 6.07) is 0.126. The minimum Gasteiger partial charge on any atom is -0.352 e. The van der Waals surface area contributed by atoms with Crippen molar-refractivity contribution in [2.24, 2.45) is 17.8 Å². The average Bonchev–Trinajstić information content (AvgIpc) is 2.89. The first-order valence-electron chi connectivity index (χ1n) is 7.49. The van der Waals surface area contributed by atoms with E-state index in [4.69, 9.17) is 0 Å². The fourth-order valence-corrected chi connectivity index (χ4v) is 3.68. The van der Waals surface area contributed by atoms with Crippen LogP contribution in [0.5, 0.6) is 0 Å². The van der Waals surface area contributed by atoms with Crippen LogP contribution >= 0.6 is 0 Å². The molecule has 1 N–H and O–H groups in total. The first kappa shape index (κ1) is 14.4. The summed E-state index contributed by atoms with van der Waals surface area (Å²) in [5.74, 6) is 2.27. The van der Waals surface area contributed by atoms with Crippen LogP contribution in [0.15, 0.2) is 0 Å². The summed E-state index contributed by atoms with van der Waals surface area (Å²) in [4.78, 5) is 25.3. The van der Waals surface area contributed by atoms with Crippen LogP contribution in [0.1, 0.15) is 46.0 Å². The molecule has 0 saturated heterocycles. The summed E-state index contributed by atoms with van der Waals surface area (Å²) < 4.78 is 0. The molecule has 2 rings (SSSR count). The summed E-state index contributed by atoms with van der Waals surface area (Å²) in [7, 11) is 1.73. The Morgan fingerprint density at radius 3 is 2.53 bits per heavy atom. The third kappa shape index (κ3) is 3.71. The molecule has 2 bridgehead atoms. The number of hydrogen-bond acceptors (Lipinski definition) is 2. The lowest BCUT2D eigenvalue weighted by Crippen LogP contribution is -2.41. The number of rotatable bonds is 5. The van der Waals surface area contributed by atoms with Gasteiger partial charge < -0.3 is 10.2 Å². The summed E-state index contributed by atoms with van der Waals surface area (Å²) in [5.41, 5.74) is 0. The molecule has 19 heavy (non-hydrogen) atoms. The zero-order valence-electron chi connectivity index (χ0n) is 12.3. The topological polar surface area (TPSA) is 49.4 Å². The molecule has 3 unspecified atom stereocenters. The number of fused-ring (bicyclic) bond motifs is 2. The molecule has 2 fully saturated rings. The smallest absolute Gasteiger partial charge is 0.239 e. The summed E-state index contributed by atoms with van der Waals surface area (Å²) in [5, 5.41) is 2.82. The van der Waals surface area contributed by atoms with E-state index in [0.29, 0.717) is 12.3 Å². The van der Waals surface area contributed by atoms with E-state index >= 15 is 0 Å². The van der Waals surface area contributed by atoms with Gasteiger partial charge in [0, 0.05) is 19.5 Å². The maximum Gasteiger partial charge on any atom is 0.239 e. The molecule has 0 radical (unpaired) electrons. The molecule has 2 amide bonds. The van der Waals surface area contributed by atoms with Gasteiger partial charge in [-0.1, -0.05) is 6.42 Å². The Kier molecular flexibility index (Phi) is 4.48. The molecule has 4 nitrogen and oxygen atoms in total. The number of carbonyl (C=O) groups excluding carboxylic acids is 2. The maximum atomic E-state index is 12.1. The van der Waals surface area contributed by atoms with Gasteiger partial charge in [-0.15, -0.1) is 0 Å².